The van der Waals surface area contributed by atoms with E-state index in [0.29, 0.717) is 5.76 Å². The Labute approximate surface area is 122 Å². The van der Waals surface area contributed by atoms with Crippen molar-refractivity contribution in [3.8, 4) is 0 Å². The third-order valence-corrected chi connectivity index (χ3v) is 3.17. The number of nitrogens with one attached hydrogen (secondary N) is 1. The number of pyridine rings is 1. The molecule has 1 N–H and O–H groups in total. The number of benzene rings is 1. The van der Waals surface area contributed by atoms with Crippen LogP contribution in [-0.2, 0) is 0 Å². The molecule has 21 heavy (non-hydrogen) atoms. The molecule has 4 heteroatoms. The normalized spacial score (nSPS) is 11.8. The highest BCUT2D eigenvalue weighted by atomic mass is 16.3. The number of nitrogens with zero attached hydrogens (tertiary/aromatic N) is 1. The molecule has 0 radical (unpaired) electrons. The van der Waals surface area contributed by atoms with Crippen LogP contribution in [0.2, 0.25) is 0 Å². The van der Waals surface area contributed by atoms with E-state index in [0.717, 1.165) is 11.1 Å². The summed E-state index contributed by atoms with van der Waals surface area (Å²) in [6, 6.07) is 16.6. The quantitative estimate of drug-likeness (QED) is 0.797. The smallest absolute Gasteiger partial charge is 0.287 e. The van der Waals surface area contributed by atoms with E-state index in [2.05, 4.69) is 10.3 Å². The van der Waals surface area contributed by atoms with Crippen LogP contribution in [0.15, 0.2) is 77.7 Å². The van der Waals surface area contributed by atoms with Gasteiger partial charge in [0, 0.05) is 12.4 Å². The van der Waals surface area contributed by atoms with Crippen molar-refractivity contribution in [3.05, 3.63) is 90.1 Å². The third-order valence-electron chi connectivity index (χ3n) is 3.17. The molecule has 3 rings (SSSR count). The van der Waals surface area contributed by atoms with Crippen molar-refractivity contribution < 1.29 is 9.21 Å². The summed E-state index contributed by atoms with van der Waals surface area (Å²) in [5.41, 5.74) is 1.91. The molecule has 0 aliphatic heterocycles. The number of hydrogen-bond acceptors (Lipinski definition) is 3. The number of carbonyl (C=O) groups is 1. The zero-order chi connectivity index (χ0) is 14.5. The van der Waals surface area contributed by atoms with Gasteiger partial charge < -0.3 is 9.73 Å². The minimum absolute atomic E-state index is 0.252. The molecule has 1 unspecified atom stereocenters. The Hall–Kier alpha value is -2.88. The average Bonchev–Trinajstić information content (AvgIpc) is 3.09. The number of furan rings is 1. The summed E-state index contributed by atoms with van der Waals surface area (Å²) in [6.07, 6.45) is 4.94. The lowest BCUT2D eigenvalue weighted by Crippen LogP contribution is -2.29. The number of hydrogen-bond donors (Lipinski definition) is 1. The third kappa shape index (κ3) is 3.00. The van der Waals surface area contributed by atoms with Crippen LogP contribution >= 0.6 is 0 Å². The molecule has 0 saturated heterocycles. The highest BCUT2D eigenvalue weighted by molar-refractivity contribution is 5.91. The molecule has 0 bridgehead atoms. The van der Waals surface area contributed by atoms with Gasteiger partial charge in [0.1, 0.15) is 0 Å². The van der Waals surface area contributed by atoms with Crippen LogP contribution in [-0.4, -0.2) is 10.9 Å². The number of amides is 1. The van der Waals surface area contributed by atoms with E-state index in [1.165, 1.54) is 6.26 Å². The summed E-state index contributed by atoms with van der Waals surface area (Å²) in [5.74, 6) is 0.0394. The number of carbonyl (C=O) groups excluding carboxylic acids is 1. The molecule has 0 saturated carbocycles. The molecule has 104 valence electrons. The van der Waals surface area contributed by atoms with Crippen molar-refractivity contribution in [3.63, 3.8) is 0 Å². The fraction of sp³-hybridized carbons (Fsp3) is 0.0588. The van der Waals surface area contributed by atoms with Gasteiger partial charge in [-0.25, -0.2) is 0 Å². The summed E-state index contributed by atoms with van der Waals surface area (Å²) >= 11 is 0. The van der Waals surface area contributed by atoms with Gasteiger partial charge in [-0.1, -0.05) is 36.4 Å². The fourth-order valence-corrected chi connectivity index (χ4v) is 2.16. The fourth-order valence-electron chi connectivity index (χ4n) is 2.16. The van der Waals surface area contributed by atoms with Crippen LogP contribution in [0.4, 0.5) is 0 Å². The van der Waals surface area contributed by atoms with Crippen molar-refractivity contribution >= 4 is 5.91 Å². The van der Waals surface area contributed by atoms with Gasteiger partial charge in [-0.05, 0) is 29.3 Å². The molecule has 2 aromatic heterocycles. The van der Waals surface area contributed by atoms with Crippen LogP contribution in [0.5, 0.6) is 0 Å². The van der Waals surface area contributed by atoms with E-state index in [9.17, 15) is 4.79 Å². The minimum Gasteiger partial charge on any atom is -0.459 e. The Morgan fingerprint density at radius 1 is 1.00 bits per heavy atom. The van der Waals surface area contributed by atoms with Gasteiger partial charge in [-0.2, -0.15) is 0 Å². The molecule has 2 heterocycles. The molecule has 0 aliphatic rings. The molecule has 0 fully saturated rings. The maximum Gasteiger partial charge on any atom is 0.287 e. The minimum atomic E-state index is -0.266. The first-order valence-electron chi connectivity index (χ1n) is 6.64. The molecule has 3 aromatic rings. The Balaban J connectivity index is 1.92. The first kappa shape index (κ1) is 13.1. The monoisotopic (exact) mass is 278 g/mol. The predicted octanol–water partition coefficient (Wildman–Crippen LogP) is 3.19. The Morgan fingerprint density at radius 2 is 1.81 bits per heavy atom. The second-order valence-electron chi connectivity index (χ2n) is 4.58. The van der Waals surface area contributed by atoms with Crippen molar-refractivity contribution in [1.82, 2.24) is 10.3 Å². The summed E-state index contributed by atoms with van der Waals surface area (Å²) in [7, 11) is 0. The predicted molar refractivity (Wildman–Crippen MR) is 78.7 cm³/mol. The van der Waals surface area contributed by atoms with Crippen molar-refractivity contribution in [1.29, 1.82) is 0 Å². The Morgan fingerprint density at radius 3 is 2.48 bits per heavy atom. The van der Waals surface area contributed by atoms with Crippen molar-refractivity contribution in [2.75, 3.05) is 0 Å². The van der Waals surface area contributed by atoms with Gasteiger partial charge >= 0.3 is 0 Å². The topological polar surface area (TPSA) is 55.1 Å². The summed E-state index contributed by atoms with van der Waals surface area (Å²) in [6.45, 7) is 0. The Kier molecular flexibility index (Phi) is 3.78. The van der Waals surface area contributed by atoms with Crippen molar-refractivity contribution in [2.24, 2.45) is 0 Å². The van der Waals surface area contributed by atoms with Gasteiger partial charge in [-0.3, -0.25) is 9.78 Å². The zero-order valence-electron chi connectivity index (χ0n) is 11.3. The highest BCUT2D eigenvalue weighted by Crippen LogP contribution is 2.21. The molecule has 1 amide bonds. The van der Waals surface area contributed by atoms with Crippen LogP contribution in [0, 0.1) is 0 Å². The van der Waals surface area contributed by atoms with Crippen LogP contribution < -0.4 is 5.32 Å². The lowest BCUT2D eigenvalue weighted by Gasteiger charge is -2.18. The molecule has 0 spiro atoms. The van der Waals surface area contributed by atoms with Crippen LogP contribution in [0.3, 0.4) is 0 Å². The Bertz CT molecular complexity index is 655. The largest absolute Gasteiger partial charge is 0.459 e. The first-order valence-corrected chi connectivity index (χ1v) is 6.64. The zero-order valence-corrected chi connectivity index (χ0v) is 11.3. The first-order chi connectivity index (χ1) is 10.3. The van der Waals surface area contributed by atoms with Gasteiger partial charge in [0.2, 0.25) is 0 Å². The van der Waals surface area contributed by atoms with Gasteiger partial charge in [0.25, 0.3) is 5.91 Å². The standard InChI is InChI=1S/C17H14N2O2/c20-17(15-9-5-11-21-15)19-16(13-6-2-1-3-7-13)14-8-4-10-18-12-14/h1-12,16H,(H,19,20). The molecule has 1 atom stereocenters. The number of aromatic nitrogens is 1. The SMILES string of the molecule is O=C(NC(c1ccccc1)c1cccnc1)c1ccco1. The molecular weight excluding hydrogens is 264 g/mol. The molecule has 0 aliphatic carbocycles. The van der Waals surface area contributed by atoms with Crippen molar-refractivity contribution in [2.45, 2.75) is 6.04 Å². The van der Waals surface area contributed by atoms with E-state index in [4.69, 9.17) is 4.42 Å². The lowest BCUT2D eigenvalue weighted by molar-refractivity contribution is 0.0915. The molecular formula is C17H14N2O2. The van der Waals surface area contributed by atoms with E-state index < -0.39 is 0 Å². The van der Waals surface area contributed by atoms with Gasteiger partial charge in [-0.15, -0.1) is 0 Å². The maximum atomic E-state index is 12.2. The van der Waals surface area contributed by atoms with Crippen LogP contribution in [0.25, 0.3) is 0 Å². The molecule has 1 aromatic carbocycles. The van der Waals surface area contributed by atoms with E-state index >= 15 is 0 Å². The highest BCUT2D eigenvalue weighted by Gasteiger charge is 2.19. The number of rotatable bonds is 4. The lowest BCUT2D eigenvalue weighted by atomic mass is 10.00. The maximum absolute atomic E-state index is 12.2. The molecule has 4 nitrogen and oxygen atoms in total. The summed E-state index contributed by atoms with van der Waals surface area (Å²) in [5, 5.41) is 2.98. The average molecular weight is 278 g/mol. The van der Waals surface area contributed by atoms with Gasteiger partial charge in [0.15, 0.2) is 5.76 Å². The van der Waals surface area contributed by atoms with E-state index in [1.54, 1.807) is 24.5 Å². The van der Waals surface area contributed by atoms with Crippen LogP contribution in [0.1, 0.15) is 27.7 Å². The summed E-state index contributed by atoms with van der Waals surface area (Å²) < 4.78 is 5.14. The van der Waals surface area contributed by atoms with E-state index in [1.807, 2.05) is 42.5 Å². The second kappa shape index (κ2) is 6.05. The van der Waals surface area contributed by atoms with Gasteiger partial charge in [0.05, 0.1) is 12.3 Å². The second-order valence-corrected chi connectivity index (χ2v) is 4.58. The van der Waals surface area contributed by atoms with E-state index in [-0.39, 0.29) is 11.9 Å². The summed E-state index contributed by atoms with van der Waals surface area (Å²) in [4.78, 5) is 16.4.